The fourth-order valence-electron chi connectivity index (χ4n) is 2.93. The molecule has 1 heterocycles. The van der Waals surface area contributed by atoms with Crippen LogP contribution < -0.4 is 5.73 Å². The fourth-order valence-corrected chi connectivity index (χ4v) is 2.93. The van der Waals surface area contributed by atoms with E-state index in [0.717, 1.165) is 25.3 Å². The lowest BCUT2D eigenvalue weighted by molar-refractivity contribution is -0.148. The van der Waals surface area contributed by atoms with E-state index >= 15 is 0 Å². The van der Waals surface area contributed by atoms with Crippen LogP contribution in [0.2, 0.25) is 0 Å². The summed E-state index contributed by atoms with van der Waals surface area (Å²) >= 11 is 0. The molecular formula is C14H24N2O2. The Hall–Kier alpha value is -0.610. The molecule has 102 valence electrons. The Bertz CT molecular complexity index is 318. The van der Waals surface area contributed by atoms with Crippen molar-refractivity contribution in [2.75, 3.05) is 26.3 Å². The van der Waals surface area contributed by atoms with Crippen molar-refractivity contribution in [1.82, 2.24) is 4.90 Å². The van der Waals surface area contributed by atoms with E-state index in [9.17, 15) is 4.79 Å². The topological polar surface area (TPSA) is 55.6 Å². The molecule has 2 aliphatic carbocycles. The molecule has 0 bridgehead atoms. The fraction of sp³-hybridized carbons (Fsp3) is 0.929. The van der Waals surface area contributed by atoms with Gasteiger partial charge in [-0.05, 0) is 44.4 Å². The number of nitrogens with two attached hydrogens (primary N) is 1. The highest BCUT2D eigenvalue weighted by Gasteiger charge is 2.46. The number of ether oxygens (including phenoxy) is 1. The zero-order valence-corrected chi connectivity index (χ0v) is 11.1. The molecule has 0 unspecified atom stereocenters. The molecule has 3 fully saturated rings. The molecule has 0 aromatic rings. The highest BCUT2D eigenvalue weighted by atomic mass is 16.5. The SMILES string of the molecule is NCC1(C(=O)N(CC2CC2)C2CC2)CCOCC1. The Morgan fingerprint density at radius 2 is 1.89 bits per heavy atom. The Kier molecular flexibility index (Phi) is 3.32. The third kappa shape index (κ3) is 2.41. The minimum Gasteiger partial charge on any atom is -0.381 e. The van der Waals surface area contributed by atoms with Crippen molar-refractivity contribution in [3.05, 3.63) is 0 Å². The first kappa shape index (κ1) is 12.4. The summed E-state index contributed by atoms with van der Waals surface area (Å²) < 4.78 is 5.40. The largest absolute Gasteiger partial charge is 0.381 e. The third-order valence-electron chi connectivity index (χ3n) is 4.69. The standard InChI is InChI=1S/C14H24N2O2/c15-10-14(5-7-18-8-6-14)13(17)16(12-3-4-12)9-11-1-2-11/h11-12H,1-10,15H2. The normalized spacial score (nSPS) is 26.9. The van der Waals surface area contributed by atoms with Gasteiger partial charge in [0.25, 0.3) is 0 Å². The lowest BCUT2D eigenvalue weighted by atomic mass is 9.78. The minimum absolute atomic E-state index is 0.322. The zero-order valence-electron chi connectivity index (χ0n) is 11.1. The average molecular weight is 252 g/mol. The van der Waals surface area contributed by atoms with Gasteiger partial charge in [-0.25, -0.2) is 0 Å². The van der Waals surface area contributed by atoms with Crippen molar-refractivity contribution in [1.29, 1.82) is 0 Å². The first-order chi connectivity index (χ1) is 8.75. The van der Waals surface area contributed by atoms with Crippen LogP contribution >= 0.6 is 0 Å². The van der Waals surface area contributed by atoms with Crippen molar-refractivity contribution in [3.63, 3.8) is 0 Å². The van der Waals surface area contributed by atoms with Crippen LogP contribution in [0.25, 0.3) is 0 Å². The van der Waals surface area contributed by atoms with Gasteiger partial charge in [0.05, 0.1) is 5.41 Å². The van der Waals surface area contributed by atoms with Crippen LogP contribution in [0.1, 0.15) is 38.5 Å². The van der Waals surface area contributed by atoms with E-state index in [-0.39, 0.29) is 5.41 Å². The molecule has 2 saturated carbocycles. The first-order valence-electron chi connectivity index (χ1n) is 7.34. The lowest BCUT2D eigenvalue weighted by Crippen LogP contribution is -2.52. The lowest BCUT2D eigenvalue weighted by Gasteiger charge is -2.39. The minimum atomic E-state index is -0.324. The van der Waals surface area contributed by atoms with Crippen LogP contribution in [0.4, 0.5) is 0 Å². The number of hydrogen-bond donors (Lipinski definition) is 1. The van der Waals surface area contributed by atoms with E-state index in [1.807, 2.05) is 0 Å². The summed E-state index contributed by atoms with van der Waals surface area (Å²) in [5.41, 5.74) is 5.62. The van der Waals surface area contributed by atoms with Gasteiger partial charge < -0.3 is 15.4 Å². The van der Waals surface area contributed by atoms with Gasteiger partial charge in [0.1, 0.15) is 0 Å². The van der Waals surface area contributed by atoms with E-state index in [1.54, 1.807) is 0 Å². The molecule has 1 aliphatic heterocycles. The van der Waals surface area contributed by atoms with Gasteiger partial charge in [0.2, 0.25) is 5.91 Å². The van der Waals surface area contributed by atoms with E-state index in [0.29, 0.717) is 31.7 Å². The molecule has 0 spiro atoms. The van der Waals surface area contributed by atoms with Crippen LogP contribution in [-0.4, -0.2) is 43.2 Å². The summed E-state index contributed by atoms with van der Waals surface area (Å²) in [7, 11) is 0. The molecule has 2 N–H and O–H groups in total. The summed E-state index contributed by atoms with van der Waals surface area (Å²) in [5.74, 6) is 1.09. The number of hydrogen-bond acceptors (Lipinski definition) is 3. The van der Waals surface area contributed by atoms with Crippen LogP contribution in [0.3, 0.4) is 0 Å². The molecule has 4 heteroatoms. The Morgan fingerprint density at radius 1 is 1.22 bits per heavy atom. The Balaban J connectivity index is 1.72. The van der Waals surface area contributed by atoms with Crippen molar-refractivity contribution >= 4 is 5.91 Å². The number of nitrogens with zero attached hydrogens (tertiary/aromatic N) is 1. The van der Waals surface area contributed by atoms with Gasteiger partial charge in [-0.1, -0.05) is 0 Å². The van der Waals surface area contributed by atoms with Crippen LogP contribution in [-0.2, 0) is 9.53 Å². The molecule has 4 nitrogen and oxygen atoms in total. The molecule has 1 amide bonds. The molecule has 0 atom stereocenters. The summed E-state index contributed by atoms with van der Waals surface area (Å²) in [6.07, 6.45) is 6.59. The van der Waals surface area contributed by atoms with Gasteiger partial charge >= 0.3 is 0 Å². The van der Waals surface area contributed by atoms with Gasteiger partial charge in [0, 0.05) is 32.3 Å². The number of amides is 1. The molecule has 0 aromatic carbocycles. The summed E-state index contributed by atoms with van der Waals surface area (Å²) in [6, 6.07) is 0.518. The van der Waals surface area contributed by atoms with Crippen molar-refractivity contribution < 1.29 is 9.53 Å². The van der Waals surface area contributed by atoms with Crippen LogP contribution in [0.5, 0.6) is 0 Å². The first-order valence-corrected chi connectivity index (χ1v) is 7.34. The summed E-state index contributed by atoms with van der Waals surface area (Å²) in [6.45, 7) is 2.82. The Morgan fingerprint density at radius 3 is 2.39 bits per heavy atom. The number of rotatable bonds is 5. The zero-order chi connectivity index (χ0) is 12.6. The van der Waals surface area contributed by atoms with E-state index in [1.165, 1.54) is 25.7 Å². The molecule has 3 aliphatic rings. The maximum atomic E-state index is 12.9. The predicted octanol–water partition coefficient (Wildman–Crippen LogP) is 1.14. The summed E-state index contributed by atoms with van der Waals surface area (Å²) in [4.78, 5) is 15.0. The number of carbonyl (C=O) groups excluding carboxylic acids is 1. The monoisotopic (exact) mass is 252 g/mol. The molecule has 0 radical (unpaired) electrons. The second-order valence-electron chi connectivity index (χ2n) is 6.23. The van der Waals surface area contributed by atoms with Crippen LogP contribution in [0.15, 0.2) is 0 Å². The van der Waals surface area contributed by atoms with E-state index < -0.39 is 0 Å². The second kappa shape index (κ2) is 4.82. The highest BCUT2D eigenvalue weighted by molar-refractivity contribution is 5.83. The van der Waals surface area contributed by atoms with Gasteiger partial charge in [-0.15, -0.1) is 0 Å². The molecule has 18 heavy (non-hydrogen) atoms. The highest BCUT2D eigenvalue weighted by Crippen LogP contribution is 2.39. The average Bonchev–Trinajstić information content (AvgIpc) is 3.29. The van der Waals surface area contributed by atoms with E-state index in [4.69, 9.17) is 10.5 Å². The van der Waals surface area contributed by atoms with Gasteiger partial charge in [-0.3, -0.25) is 4.79 Å². The summed E-state index contributed by atoms with van der Waals surface area (Å²) in [5, 5.41) is 0. The molecule has 3 rings (SSSR count). The van der Waals surface area contributed by atoms with Gasteiger partial charge in [0.15, 0.2) is 0 Å². The number of carbonyl (C=O) groups is 1. The van der Waals surface area contributed by atoms with Crippen molar-refractivity contribution in [2.24, 2.45) is 17.1 Å². The maximum Gasteiger partial charge on any atom is 0.230 e. The quantitative estimate of drug-likeness (QED) is 0.798. The van der Waals surface area contributed by atoms with Crippen molar-refractivity contribution in [2.45, 2.75) is 44.6 Å². The Labute approximate surface area is 109 Å². The molecular weight excluding hydrogens is 228 g/mol. The van der Waals surface area contributed by atoms with E-state index in [2.05, 4.69) is 4.90 Å². The predicted molar refractivity (Wildman–Crippen MR) is 69.0 cm³/mol. The van der Waals surface area contributed by atoms with Gasteiger partial charge in [-0.2, -0.15) is 0 Å². The smallest absolute Gasteiger partial charge is 0.230 e. The molecule has 1 saturated heterocycles. The second-order valence-corrected chi connectivity index (χ2v) is 6.23. The molecule has 0 aromatic heterocycles. The van der Waals surface area contributed by atoms with Crippen molar-refractivity contribution in [3.8, 4) is 0 Å². The third-order valence-corrected chi connectivity index (χ3v) is 4.69. The van der Waals surface area contributed by atoms with Crippen LogP contribution in [0, 0.1) is 11.3 Å². The maximum absolute atomic E-state index is 12.9.